The van der Waals surface area contributed by atoms with Crippen molar-refractivity contribution in [3.63, 3.8) is 0 Å². The molecule has 0 N–H and O–H groups in total. The zero-order chi connectivity index (χ0) is 17.6. The Hall–Kier alpha value is -2.89. The molecule has 0 aromatic heterocycles. The summed E-state index contributed by atoms with van der Waals surface area (Å²) in [7, 11) is 3.24. The number of amides is 1. The Morgan fingerprint density at radius 2 is 1.56 bits per heavy atom. The number of nitrogens with zero attached hydrogens (tertiary/aromatic N) is 2. The lowest BCUT2D eigenvalue weighted by molar-refractivity contribution is 0.149. The molecule has 1 aliphatic heterocycles. The first kappa shape index (κ1) is 17.0. The van der Waals surface area contributed by atoms with Gasteiger partial charge in [-0.15, -0.1) is 0 Å². The molecule has 0 unspecified atom stereocenters. The van der Waals surface area contributed by atoms with Crippen LogP contribution in [-0.2, 0) is 0 Å². The second-order valence-corrected chi connectivity index (χ2v) is 5.69. The topological polar surface area (TPSA) is 51.2 Å². The Labute approximate surface area is 147 Å². The third-order valence-corrected chi connectivity index (χ3v) is 4.22. The first-order valence-corrected chi connectivity index (χ1v) is 8.20. The summed E-state index contributed by atoms with van der Waals surface area (Å²) >= 11 is 0. The van der Waals surface area contributed by atoms with Crippen molar-refractivity contribution >= 4 is 11.8 Å². The second-order valence-electron chi connectivity index (χ2n) is 5.69. The summed E-state index contributed by atoms with van der Waals surface area (Å²) in [4.78, 5) is 16.2. The molecule has 2 aromatic rings. The maximum Gasteiger partial charge on any atom is 0.415 e. The molecule has 1 aliphatic rings. The Balaban J connectivity index is 1.59. The van der Waals surface area contributed by atoms with Crippen LogP contribution in [-0.4, -0.2) is 51.4 Å². The summed E-state index contributed by atoms with van der Waals surface area (Å²) in [5.41, 5.74) is 1.05. The van der Waals surface area contributed by atoms with Crippen LogP contribution in [0.3, 0.4) is 0 Å². The molecule has 25 heavy (non-hydrogen) atoms. The van der Waals surface area contributed by atoms with Crippen LogP contribution in [0.1, 0.15) is 0 Å². The minimum absolute atomic E-state index is 0.307. The lowest BCUT2D eigenvalue weighted by Crippen LogP contribution is -2.49. The molecular weight excluding hydrogens is 320 g/mol. The van der Waals surface area contributed by atoms with Gasteiger partial charge in [-0.3, -0.25) is 0 Å². The molecule has 0 atom stereocenters. The Bertz CT molecular complexity index is 713. The zero-order valence-corrected chi connectivity index (χ0v) is 14.5. The number of anilines is 1. The van der Waals surface area contributed by atoms with Gasteiger partial charge in [0.25, 0.3) is 0 Å². The van der Waals surface area contributed by atoms with E-state index < -0.39 is 0 Å². The van der Waals surface area contributed by atoms with Crippen LogP contribution < -0.4 is 19.1 Å². The molecule has 0 bridgehead atoms. The van der Waals surface area contributed by atoms with Crippen LogP contribution in [0, 0.1) is 0 Å². The Morgan fingerprint density at radius 3 is 2.20 bits per heavy atom. The highest BCUT2D eigenvalue weighted by Crippen LogP contribution is 2.31. The SMILES string of the molecule is COc1ccc(N2CCN(C(=O)Oc3ccccc3)CC2)cc1OC. The van der Waals surface area contributed by atoms with E-state index >= 15 is 0 Å². The summed E-state index contributed by atoms with van der Waals surface area (Å²) < 4.78 is 16.0. The summed E-state index contributed by atoms with van der Waals surface area (Å²) in [5, 5.41) is 0. The number of hydrogen-bond acceptors (Lipinski definition) is 5. The fourth-order valence-corrected chi connectivity index (χ4v) is 2.82. The van der Waals surface area contributed by atoms with Gasteiger partial charge in [0.1, 0.15) is 5.75 Å². The van der Waals surface area contributed by atoms with E-state index in [-0.39, 0.29) is 6.09 Å². The highest BCUT2D eigenvalue weighted by atomic mass is 16.6. The molecule has 1 amide bonds. The van der Waals surface area contributed by atoms with Crippen LogP contribution in [0.15, 0.2) is 48.5 Å². The number of carbonyl (C=O) groups is 1. The van der Waals surface area contributed by atoms with E-state index in [4.69, 9.17) is 14.2 Å². The van der Waals surface area contributed by atoms with Crippen molar-refractivity contribution < 1.29 is 19.0 Å². The van der Waals surface area contributed by atoms with Crippen molar-refractivity contribution in [2.45, 2.75) is 0 Å². The minimum Gasteiger partial charge on any atom is -0.493 e. The predicted molar refractivity (Wildman–Crippen MR) is 95.8 cm³/mol. The summed E-state index contributed by atoms with van der Waals surface area (Å²) in [5.74, 6) is 1.97. The monoisotopic (exact) mass is 342 g/mol. The van der Waals surface area contributed by atoms with Crippen LogP contribution >= 0.6 is 0 Å². The summed E-state index contributed by atoms with van der Waals surface area (Å²) in [6, 6.07) is 15.0. The minimum atomic E-state index is -0.307. The van der Waals surface area contributed by atoms with Gasteiger partial charge in [0.2, 0.25) is 0 Å². The van der Waals surface area contributed by atoms with Gasteiger partial charge < -0.3 is 24.0 Å². The van der Waals surface area contributed by atoms with Gasteiger partial charge in [0.05, 0.1) is 14.2 Å². The van der Waals surface area contributed by atoms with Crippen molar-refractivity contribution in [1.82, 2.24) is 4.90 Å². The standard InChI is InChI=1S/C19H22N2O4/c1-23-17-9-8-15(14-18(17)24-2)20-10-12-21(13-11-20)19(22)25-16-6-4-3-5-7-16/h3-9,14H,10-13H2,1-2H3. The fraction of sp³-hybridized carbons (Fsp3) is 0.316. The van der Waals surface area contributed by atoms with E-state index in [9.17, 15) is 4.79 Å². The number of para-hydroxylation sites is 1. The van der Waals surface area contributed by atoms with E-state index in [0.29, 0.717) is 30.3 Å². The van der Waals surface area contributed by atoms with Gasteiger partial charge in [-0.1, -0.05) is 18.2 Å². The molecule has 6 heteroatoms. The normalized spacial score (nSPS) is 14.2. The van der Waals surface area contributed by atoms with Crippen molar-refractivity contribution in [1.29, 1.82) is 0 Å². The van der Waals surface area contributed by atoms with Gasteiger partial charge in [-0.25, -0.2) is 4.79 Å². The van der Waals surface area contributed by atoms with Gasteiger partial charge in [-0.2, -0.15) is 0 Å². The summed E-state index contributed by atoms with van der Waals surface area (Å²) in [6.07, 6.45) is -0.307. The third kappa shape index (κ3) is 3.96. The lowest BCUT2D eigenvalue weighted by atomic mass is 10.2. The Morgan fingerprint density at radius 1 is 0.880 bits per heavy atom. The molecule has 1 heterocycles. The molecule has 0 radical (unpaired) electrons. The average molecular weight is 342 g/mol. The largest absolute Gasteiger partial charge is 0.493 e. The molecule has 132 valence electrons. The lowest BCUT2D eigenvalue weighted by Gasteiger charge is -2.35. The van der Waals surface area contributed by atoms with E-state index in [1.165, 1.54) is 0 Å². The highest BCUT2D eigenvalue weighted by molar-refractivity contribution is 5.71. The van der Waals surface area contributed by atoms with E-state index in [0.717, 1.165) is 18.8 Å². The maximum absolute atomic E-state index is 12.2. The molecule has 1 fully saturated rings. The average Bonchev–Trinajstić information content (AvgIpc) is 2.68. The van der Waals surface area contributed by atoms with E-state index in [2.05, 4.69) is 4.90 Å². The maximum atomic E-state index is 12.2. The molecule has 2 aromatic carbocycles. The predicted octanol–water partition coefficient (Wildman–Crippen LogP) is 3.02. The van der Waals surface area contributed by atoms with Gasteiger partial charge in [-0.05, 0) is 24.3 Å². The van der Waals surface area contributed by atoms with Crippen molar-refractivity contribution in [2.24, 2.45) is 0 Å². The molecule has 0 spiro atoms. The van der Waals surface area contributed by atoms with Gasteiger partial charge in [0.15, 0.2) is 11.5 Å². The second kappa shape index (κ2) is 7.79. The van der Waals surface area contributed by atoms with Crippen LogP contribution in [0.2, 0.25) is 0 Å². The highest BCUT2D eigenvalue weighted by Gasteiger charge is 2.23. The molecule has 0 aliphatic carbocycles. The number of hydrogen-bond donors (Lipinski definition) is 0. The third-order valence-electron chi connectivity index (χ3n) is 4.22. The zero-order valence-electron chi connectivity index (χ0n) is 14.5. The number of carbonyl (C=O) groups excluding carboxylic acids is 1. The van der Waals surface area contributed by atoms with Crippen molar-refractivity contribution in [3.8, 4) is 17.2 Å². The molecule has 0 saturated carbocycles. The van der Waals surface area contributed by atoms with Crippen molar-refractivity contribution in [3.05, 3.63) is 48.5 Å². The number of methoxy groups -OCH3 is 2. The van der Waals surface area contributed by atoms with E-state index in [1.807, 2.05) is 36.4 Å². The number of rotatable bonds is 4. The van der Waals surface area contributed by atoms with Crippen LogP contribution in [0.5, 0.6) is 17.2 Å². The number of ether oxygens (including phenoxy) is 3. The molecule has 1 saturated heterocycles. The number of piperazine rings is 1. The van der Waals surface area contributed by atoms with Crippen LogP contribution in [0.25, 0.3) is 0 Å². The fourth-order valence-electron chi connectivity index (χ4n) is 2.82. The van der Waals surface area contributed by atoms with Gasteiger partial charge in [0, 0.05) is 37.9 Å². The summed E-state index contributed by atoms with van der Waals surface area (Å²) in [6.45, 7) is 2.69. The first-order valence-electron chi connectivity index (χ1n) is 8.20. The van der Waals surface area contributed by atoms with Crippen molar-refractivity contribution in [2.75, 3.05) is 45.3 Å². The number of benzene rings is 2. The van der Waals surface area contributed by atoms with Crippen LogP contribution in [0.4, 0.5) is 10.5 Å². The Kier molecular flexibility index (Phi) is 5.28. The molecule has 3 rings (SSSR count). The molecule has 6 nitrogen and oxygen atoms in total. The first-order chi connectivity index (χ1) is 12.2. The smallest absolute Gasteiger partial charge is 0.415 e. The quantitative estimate of drug-likeness (QED) is 0.855. The molecular formula is C19H22N2O4. The van der Waals surface area contributed by atoms with E-state index in [1.54, 1.807) is 31.3 Å². The van der Waals surface area contributed by atoms with Gasteiger partial charge >= 0.3 is 6.09 Å².